The molecule has 0 fully saturated rings. The molecule has 0 saturated carbocycles. The van der Waals surface area contributed by atoms with E-state index in [-0.39, 0.29) is 5.91 Å². The van der Waals surface area contributed by atoms with Gasteiger partial charge < -0.3 is 15.0 Å². The third-order valence-electron chi connectivity index (χ3n) is 4.25. The van der Waals surface area contributed by atoms with Crippen molar-refractivity contribution in [2.75, 3.05) is 0 Å². The van der Waals surface area contributed by atoms with E-state index >= 15 is 0 Å². The molecule has 28 heavy (non-hydrogen) atoms. The molecule has 0 spiro atoms. The van der Waals surface area contributed by atoms with Crippen LogP contribution in [0.4, 0.5) is 0 Å². The van der Waals surface area contributed by atoms with E-state index in [1.54, 1.807) is 0 Å². The maximum atomic E-state index is 12.6. The summed E-state index contributed by atoms with van der Waals surface area (Å²) in [5, 5.41) is 3.68. The van der Waals surface area contributed by atoms with Crippen molar-refractivity contribution >= 4 is 28.3 Å². The van der Waals surface area contributed by atoms with Crippen molar-refractivity contribution in [3.8, 4) is 5.75 Å². The fraction of sp³-hybridized carbons (Fsp3) is 0.190. The minimum atomic E-state index is -0.155. The molecule has 2 aromatic heterocycles. The second-order valence-corrected chi connectivity index (χ2v) is 7.59. The van der Waals surface area contributed by atoms with Crippen LogP contribution in [0, 0.1) is 13.8 Å². The Bertz CT molecular complexity index is 1100. The van der Waals surface area contributed by atoms with E-state index < -0.39 is 0 Å². The van der Waals surface area contributed by atoms with Gasteiger partial charge in [-0.3, -0.25) is 4.79 Å². The van der Waals surface area contributed by atoms with Crippen molar-refractivity contribution in [1.29, 1.82) is 0 Å². The van der Waals surface area contributed by atoms with Gasteiger partial charge in [-0.2, -0.15) is 0 Å². The average Bonchev–Trinajstić information content (AvgIpc) is 3.27. The fourth-order valence-corrected chi connectivity index (χ4v) is 3.80. The first kappa shape index (κ1) is 18.2. The van der Waals surface area contributed by atoms with Gasteiger partial charge in [-0.05, 0) is 43.7 Å². The molecule has 1 amide bonds. The average molecular weight is 392 g/mol. The van der Waals surface area contributed by atoms with Gasteiger partial charge in [0.15, 0.2) is 0 Å². The molecule has 2 N–H and O–H groups in total. The number of hydrogen-bond donors (Lipinski definition) is 2. The number of fused-ring (bicyclic) bond motifs is 1. The molecule has 2 heterocycles. The fourth-order valence-electron chi connectivity index (χ4n) is 2.91. The smallest absolute Gasteiger partial charge is 0.263 e. The molecule has 4 aromatic rings. The number of amides is 1. The molecule has 0 unspecified atom stereocenters. The monoisotopic (exact) mass is 392 g/mol. The van der Waals surface area contributed by atoms with Crippen LogP contribution in [-0.2, 0) is 13.2 Å². The van der Waals surface area contributed by atoms with Crippen molar-refractivity contribution in [1.82, 2.24) is 20.3 Å². The van der Waals surface area contributed by atoms with Gasteiger partial charge in [0.25, 0.3) is 5.91 Å². The van der Waals surface area contributed by atoms with Crippen LogP contribution in [0.2, 0.25) is 0 Å². The summed E-state index contributed by atoms with van der Waals surface area (Å²) in [6, 6.07) is 15.6. The van der Waals surface area contributed by atoms with E-state index in [0.29, 0.717) is 23.7 Å². The molecule has 0 bridgehead atoms. The summed E-state index contributed by atoms with van der Waals surface area (Å²) in [7, 11) is 0. The maximum absolute atomic E-state index is 12.6. The summed E-state index contributed by atoms with van der Waals surface area (Å²) in [6.45, 7) is 4.53. The number of carbonyl (C=O) groups excluding carboxylic acids is 1. The van der Waals surface area contributed by atoms with E-state index in [9.17, 15) is 4.79 Å². The molecule has 0 aliphatic carbocycles. The van der Waals surface area contributed by atoms with E-state index in [1.165, 1.54) is 11.3 Å². The molecular weight excluding hydrogens is 372 g/mol. The molecule has 0 aliphatic rings. The number of nitrogens with one attached hydrogen (secondary N) is 2. The number of para-hydroxylation sites is 2. The summed E-state index contributed by atoms with van der Waals surface area (Å²) >= 11 is 1.35. The molecular formula is C21H20N4O2S. The zero-order chi connectivity index (χ0) is 19.5. The normalized spacial score (nSPS) is 10.9. The molecule has 6 nitrogen and oxygen atoms in total. The van der Waals surface area contributed by atoms with Crippen LogP contribution in [0.5, 0.6) is 5.75 Å². The van der Waals surface area contributed by atoms with Gasteiger partial charge in [-0.1, -0.05) is 24.3 Å². The third kappa shape index (κ3) is 4.04. The summed E-state index contributed by atoms with van der Waals surface area (Å²) in [4.78, 5) is 25.3. The number of H-pyrrole nitrogens is 1. The van der Waals surface area contributed by atoms with Crippen LogP contribution < -0.4 is 10.1 Å². The van der Waals surface area contributed by atoms with Crippen LogP contribution in [0.3, 0.4) is 0 Å². The SMILES string of the molecule is Cc1cccc(OCc2nc(C)c(C(=O)NCc3nc4ccccc4[nH]3)s2)c1. The number of hydrogen-bond acceptors (Lipinski definition) is 5. The van der Waals surface area contributed by atoms with E-state index in [4.69, 9.17) is 4.74 Å². The molecule has 4 rings (SSSR count). The number of thiazole rings is 1. The number of imidazole rings is 1. The van der Waals surface area contributed by atoms with Crippen molar-refractivity contribution < 1.29 is 9.53 Å². The quantitative estimate of drug-likeness (QED) is 0.517. The topological polar surface area (TPSA) is 79.9 Å². The summed E-state index contributed by atoms with van der Waals surface area (Å²) in [5.74, 6) is 1.36. The molecule has 7 heteroatoms. The summed E-state index contributed by atoms with van der Waals surface area (Å²) in [6.07, 6.45) is 0. The lowest BCUT2D eigenvalue weighted by Gasteiger charge is -2.04. The Morgan fingerprint density at radius 1 is 1.14 bits per heavy atom. The van der Waals surface area contributed by atoms with Crippen LogP contribution in [0.25, 0.3) is 11.0 Å². The van der Waals surface area contributed by atoms with Crippen molar-refractivity contribution in [2.45, 2.75) is 27.0 Å². The summed E-state index contributed by atoms with van der Waals surface area (Å²) < 4.78 is 5.79. The predicted molar refractivity (Wildman–Crippen MR) is 110 cm³/mol. The Kier molecular flexibility index (Phi) is 5.08. The highest BCUT2D eigenvalue weighted by Crippen LogP contribution is 2.21. The highest BCUT2D eigenvalue weighted by molar-refractivity contribution is 7.13. The molecule has 2 aromatic carbocycles. The molecule has 142 valence electrons. The van der Waals surface area contributed by atoms with E-state index in [1.807, 2.05) is 62.4 Å². The highest BCUT2D eigenvalue weighted by Gasteiger charge is 2.16. The number of aryl methyl sites for hydroxylation is 2. The first-order valence-electron chi connectivity index (χ1n) is 8.96. The number of nitrogens with zero attached hydrogens (tertiary/aromatic N) is 2. The number of aromatic amines is 1. The molecule has 0 atom stereocenters. The number of aromatic nitrogens is 3. The zero-order valence-electron chi connectivity index (χ0n) is 15.7. The third-order valence-corrected chi connectivity index (χ3v) is 5.38. The van der Waals surface area contributed by atoms with Crippen molar-refractivity contribution in [3.63, 3.8) is 0 Å². The summed E-state index contributed by atoms with van der Waals surface area (Å²) in [5.41, 5.74) is 3.68. The minimum absolute atomic E-state index is 0.155. The zero-order valence-corrected chi connectivity index (χ0v) is 16.5. The van der Waals surface area contributed by atoms with E-state index in [0.717, 1.165) is 33.2 Å². The number of ether oxygens (including phenoxy) is 1. The Labute approximate surface area is 166 Å². The highest BCUT2D eigenvalue weighted by atomic mass is 32.1. The van der Waals surface area contributed by atoms with Crippen LogP contribution >= 0.6 is 11.3 Å². The van der Waals surface area contributed by atoms with Gasteiger partial charge in [0.1, 0.15) is 28.1 Å². The van der Waals surface area contributed by atoms with Gasteiger partial charge in [0.2, 0.25) is 0 Å². The predicted octanol–water partition coefficient (Wildman–Crippen LogP) is 4.15. The first-order valence-corrected chi connectivity index (χ1v) is 9.78. The van der Waals surface area contributed by atoms with Crippen molar-refractivity contribution in [3.05, 3.63) is 75.5 Å². The molecule has 0 aliphatic heterocycles. The first-order chi connectivity index (χ1) is 13.6. The van der Waals surface area contributed by atoms with Gasteiger partial charge in [-0.15, -0.1) is 11.3 Å². The van der Waals surface area contributed by atoms with Gasteiger partial charge in [0.05, 0.1) is 23.3 Å². The largest absolute Gasteiger partial charge is 0.486 e. The van der Waals surface area contributed by atoms with Gasteiger partial charge >= 0.3 is 0 Å². The number of carbonyl (C=O) groups is 1. The van der Waals surface area contributed by atoms with Crippen LogP contribution in [-0.4, -0.2) is 20.9 Å². The van der Waals surface area contributed by atoms with Crippen LogP contribution in [0.15, 0.2) is 48.5 Å². The number of benzene rings is 2. The second kappa shape index (κ2) is 7.82. The van der Waals surface area contributed by atoms with Crippen molar-refractivity contribution in [2.24, 2.45) is 0 Å². The Balaban J connectivity index is 1.38. The standard InChI is InChI=1S/C21H20N4O2S/c1-13-6-5-7-15(10-13)27-12-19-23-14(2)20(28-19)21(26)22-11-18-24-16-8-3-4-9-17(16)25-18/h3-10H,11-12H2,1-2H3,(H,22,26)(H,24,25). The lowest BCUT2D eigenvalue weighted by atomic mass is 10.2. The molecule has 0 radical (unpaired) electrons. The molecule has 0 saturated heterocycles. The van der Waals surface area contributed by atoms with E-state index in [2.05, 4.69) is 20.3 Å². The Morgan fingerprint density at radius 2 is 2.00 bits per heavy atom. The lowest BCUT2D eigenvalue weighted by Crippen LogP contribution is -2.23. The Hall–Kier alpha value is -3.19. The number of rotatable bonds is 6. The van der Waals surface area contributed by atoms with Gasteiger partial charge in [0, 0.05) is 0 Å². The Morgan fingerprint density at radius 3 is 2.82 bits per heavy atom. The lowest BCUT2D eigenvalue weighted by molar-refractivity contribution is 0.0953. The van der Waals surface area contributed by atoms with Crippen LogP contribution in [0.1, 0.15) is 31.8 Å². The second-order valence-electron chi connectivity index (χ2n) is 6.51. The maximum Gasteiger partial charge on any atom is 0.263 e. The van der Waals surface area contributed by atoms with Gasteiger partial charge in [-0.25, -0.2) is 9.97 Å². The minimum Gasteiger partial charge on any atom is -0.486 e.